The third-order valence-electron chi connectivity index (χ3n) is 3.81. The molecule has 20 heavy (non-hydrogen) atoms. The number of morpholine rings is 1. The zero-order chi connectivity index (χ0) is 14.0. The van der Waals surface area contributed by atoms with Crippen LogP contribution in [-0.4, -0.2) is 36.3 Å². The topological polar surface area (TPSA) is 38.8 Å². The lowest BCUT2D eigenvalue weighted by atomic mass is 10.1. The highest BCUT2D eigenvalue weighted by molar-refractivity contribution is 5.85. The van der Waals surface area contributed by atoms with Crippen molar-refractivity contribution in [2.24, 2.45) is 0 Å². The quantitative estimate of drug-likeness (QED) is 0.830. The van der Waals surface area contributed by atoms with Gasteiger partial charge in [0.05, 0.1) is 6.61 Å². The first kappa shape index (κ1) is 13.2. The van der Waals surface area contributed by atoms with E-state index in [1.54, 1.807) is 4.90 Å². The minimum Gasteiger partial charge on any atom is -0.457 e. The maximum absolute atomic E-state index is 12.4. The molecule has 2 fully saturated rings. The average molecular weight is 273 g/mol. The van der Waals surface area contributed by atoms with E-state index < -0.39 is 5.79 Å². The molecule has 0 aromatic heterocycles. The van der Waals surface area contributed by atoms with Gasteiger partial charge in [-0.1, -0.05) is 30.3 Å². The standard InChI is InChI=1S/C16H19NO3/c1-2-17-10-11-19-16(15(17)18)9-8-14(20-16)12-13-6-4-3-5-7-13/h3-7,12H,2,8-11H2,1H3/b14-12-. The Kier molecular flexibility index (Phi) is 3.49. The molecule has 1 aromatic rings. The van der Waals surface area contributed by atoms with Crippen LogP contribution in [0.3, 0.4) is 0 Å². The smallest absolute Gasteiger partial charge is 0.295 e. The van der Waals surface area contributed by atoms with Gasteiger partial charge < -0.3 is 14.4 Å². The number of hydrogen-bond acceptors (Lipinski definition) is 3. The van der Waals surface area contributed by atoms with Gasteiger partial charge in [0, 0.05) is 25.9 Å². The van der Waals surface area contributed by atoms with Gasteiger partial charge >= 0.3 is 0 Å². The number of nitrogens with zero attached hydrogens (tertiary/aromatic N) is 1. The van der Waals surface area contributed by atoms with Crippen molar-refractivity contribution in [2.45, 2.75) is 25.6 Å². The van der Waals surface area contributed by atoms with E-state index in [0.717, 1.165) is 17.7 Å². The van der Waals surface area contributed by atoms with Crippen LogP contribution in [0.5, 0.6) is 0 Å². The second kappa shape index (κ2) is 5.29. The van der Waals surface area contributed by atoms with Crippen LogP contribution in [0.2, 0.25) is 0 Å². The SMILES string of the molecule is CCN1CCOC2(CC/C(=C/c3ccccc3)O2)C1=O. The molecule has 0 bridgehead atoms. The van der Waals surface area contributed by atoms with Crippen molar-refractivity contribution in [2.75, 3.05) is 19.7 Å². The molecular weight excluding hydrogens is 254 g/mol. The van der Waals surface area contributed by atoms with E-state index in [1.807, 2.05) is 43.3 Å². The fraction of sp³-hybridized carbons (Fsp3) is 0.438. The lowest BCUT2D eigenvalue weighted by Gasteiger charge is -2.37. The number of allylic oxidation sites excluding steroid dienone is 1. The minimum absolute atomic E-state index is 0.0392. The number of ether oxygens (including phenoxy) is 2. The predicted molar refractivity (Wildman–Crippen MR) is 75.7 cm³/mol. The molecule has 1 aromatic carbocycles. The Labute approximate surface area is 119 Å². The van der Waals surface area contributed by atoms with E-state index in [9.17, 15) is 4.79 Å². The van der Waals surface area contributed by atoms with Crippen LogP contribution in [0.4, 0.5) is 0 Å². The van der Waals surface area contributed by atoms with E-state index in [1.165, 1.54) is 0 Å². The van der Waals surface area contributed by atoms with Crippen molar-refractivity contribution in [1.82, 2.24) is 4.90 Å². The molecule has 0 aliphatic carbocycles. The van der Waals surface area contributed by atoms with Crippen molar-refractivity contribution in [1.29, 1.82) is 0 Å². The molecule has 2 aliphatic rings. The van der Waals surface area contributed by atoms with Crippen LogP contribution in [-0.2, 0) is 14.3 Å². The van der Waals surface area contributed by atoms with Crippen molar-refractivity contribution in [3.05, 3.63) is 41.7 Å². The molecule has 4 nitrogen and oxygen atoms in total. The summed E-state index contributed by atoms with van der Waals surface area (Å²) in [5.74, 6) is -0.292. The maximum Gasteiger partial charge on any atom is 0.295 e. The fourth-order valence-corrected chi connectivity index (χ4v) is 2.72. The van der Waals surface area contributed by atoms with Gasteiger partial charge in [0.25, 0.3) is 11.7 Å². The lowest BCUT2D eigenvalue weighted by Crippen LogP contribution is -2.56. The molecule has 0 saturated carbocycles. The Hall–Kier alpha value is -1.81. The van der Waals surface area contributed by atoms with Gasteiger partial charge in [-0.25, -0.2) is 0 Å². The third-order valence-corrected chi connectivity index (χ3v) is 3.81. The van der Waals surface area contributed by atoms with Gasteiger partial charge in [0.1, 0.15) is 5.76 Å². The highest BCUT2D eigenvalue weighted by atomic mass is 16.7. The summed E-state index contributed by atoms with van der Waals surface area (Å²) in [4.78, 5) is 14.2. The second-order valence-corrected chi connectivity index (χ2v) is 5.11. The zero-order valence-corrected chi connectivity index (χ0v) is 11.7. The molecule has 2 saturated heterocycles. The summed E-state index contributed by atoms with van der Waals surface area (Å²) < 4.78 is 11.6. The van der Waals surface area contributed by atoms with E-state index in [0.29, 0.717) is 26.1 Å². The third kappa shape index (κ3) is 2.31. The number of likely N-dealkylation sites (N-methyl/N-ethyl adjacent to an activating group) is 1. The summed E-state index contributed by atoms with van der Waals surface area (Å²) in [5.41, 5.74) is 1.08. The molecule has 0 radical (unpaired) electrons. The molecule has 1 amide bonds. The summed E-state index contributed by atoms with van der Waals surface area (Å²) in [6.45, 7) is 3.87. The van der Waals surface area contributed by atoms with E-state index in [2.05, 4.69) is 0 Å². The van der Waals surface area contributed by atoms with Crippen molar-refractivity contribution < 1.29 is 14.3 Å². The number of rotatable bonds is 2. The summed E-state index contributed by atoms with van der Waals surface area (Å²) in [6.07, 6.45) is 3.31. The van der Waals surface area contributed by atoms with Crippen LogP contribution in [0.1, 0.15) is 25.3 Å². The summed E-state index contributed by atoms with van der Waals surface area (Å²) in [7, 11) is 0. The summed E-state index contributed by atoms with van der Waals surface area (Å²) in [6, 6.07) is 9.98. The monoisotopic (exact) mass is 273 g/mol. The van der Waals surface area contributed by atoms with Gasteiger partial charge in [0.2, 0.25) is 0 Å². The highest BCUT2D eigenvalue weighted by Crippen LogP contribution is 2.38. The Morgan fingerprint density at radius 1 is 1.35 bits per heavy atom. The van der Waals surface area contributed by atoms with Crippen molar-refractivity contribution in [3.8, 4) is 0 Å². The van der Waals surface area contributed by atoms with E-state index in [4.69, 9.17) is 9.47 Å². The second-order valence-electron chi connectivity index (χ2n) is 5.11. The fourth-order valence-electron chi connectivity index (χ4n) is 2.72. The van der Waals surface area contributed by atoms with Crippen LogP contribution < -0.4 is 0 Å². The molecule has 1 unspecified atom stereocenters. The van der Waals surface area contributed by atoms with Gasteiger partial charge in [-0.2, -0.15) is 0 Å². The number of hydrogen-bond donors (Lipinski definition) is 0. The molecule has 4 heteroatoms. The van der Waals surface area contributed by atoms with Gasteiger partial charge in [0.15, 0.2) is 0 Å². The Morgan fingerprint density at radius 2 is 2.15 bits per heavy atom. The van der Waals surface area contributed by atoms with Crippen LogP contribution in [0, 0.1) is 0 Å². The molecule has 1 spiro atoms. The minimum atomic E-state index is -1.07. The number of carbonyl (C=O) groups excluding carboxylic acids is 1. The first-order valence-corrected chi connectivity index (χ1v) is 7.11. The molecule has 0 N–H and O–H groups in total. The molecule has 2 heterocycles. The zero-order valence-electron chi connectivity index (χ0n) is 11.7. The number of benzene rings is 1. The maximum atomic E-state index is 12.4. The van der Waals surface area contributed by atoms with Gasteiger partial charge in [-0.15, -0.1) is 0 Å². The van der Waals surface area contributed by atoms with Crippen LogP contribution in [0.25, 0.3) is 6.08 Å². The van der Waals surface area contributed by atoms with Crippen molar-refractivity contribution >= 4 is 12.0 Å². The average Bonchev–Trinajstić information content (AvgIpc) is 2.87. The molecular formula is C16H19NO3. The van der Waals surface area contributed by atoms with Gasteiger partial charge in [-0.3, -0.25) is 4.79 Å². The number of carbonyl (C=O) groups is 1. The normalized spacial score (nSPS) is 28.1. The van der Waals surface area contributed by atoms with Gasteiger partial charge in [-0.05, 0) is 18.6 Å². The molecule has 106 valence electrons. The van der Waals surface area contributed by atoms with Crippen LogP contribution in [0.15, 0.2) is 36.1 Å². The Balaban J connectivity index is 1.79. The first-order valence-electron chi connectivity index (χ1n) is 7.11. The molecule has 2 aliphatic heterocycles. The summed E-state index contributed by atoms with van der Waals surface area (Å²) >= 11 is 0. The Morgan fingerprint density at radius 3 is 2.90 bits per heavy atom. The van der Waals surface area contributed by atoms with Crippen molar-refractivity contribution in [3.63, 3.8) is 0 Å². The summed E-state index contributed by atoms with van der Waals surface area (Å²) in [5, 5.41) is 0. The predicted octanol–water partition coefficient (Wildman–Crippen LogP) is 2.41. The Bertz CT molecular complexity index is 526. The first-order chi connectivity index (χ1) is 9.73. The molecule has 3 rings (SSSR count). The largest absolute Gasteiger partial charge is 0.457 e. The highest BCUT2D eigenvalue weighted by Gasteiger charge is 2.51. The lowest BCUT2D eigenvalue weighted by molar-refractivity contribution is -0.227. The van der Waals surface area contributed by atoms with E-state index >= 15 is 0 Å². The van der Waals surface area contributed by atoms with E-state index in [-0.39, 0.29) is 5.91 Å². The van der Waals surface area contributed by atoms with Crippen LogP contribution >= 0.6 is 0 Å². The number of amides is 1. The molecule has 1 atom stereocenters.